The summed E-state index contributed by atoms with van der Waals surface area (Å²) in [6.45, 7) is 19.3. The SMILES string of the molecule is CCOC(=O)c1nnnn1C[C@@H](C)C1CC[C@H]2[C@@H](O[Si](C)(C)C(C)(C)C)CCC[C@]12C. The van der Waals surface area contributed by atoms with Gasteiger partial charge in [0.25, 0.3) is 5.82 Å². The first kappa shape index (κ1) is 24.4. The van der Waals surface area contributed by atoms with E-state index in [0.29, 0.717) is 37.0 Å². The third kappa shape index (κ3) is 4.75. The van der Waals surface area contributed by atoms with Gasteiger partial charge in [-0.05, 0) is 84.3 Å². The number of ether oxygens (including phenoxy) is 1. The lowest BCUT2D eigenvalue weighted by atomic mass is 9.62. The van der Waals surface area contributed by atoms with Crippen molar-refractivity contribution in [2.45, 2.75) is 104 Å². The molecular weight excluding hydrogens is 408 g/mol. The number of nitrogens with zero attached hydrogens (tertiary/aromatic N) is 4. The highest BCUT2D eigenvalue weighted by molar-refractivity contribution is 6.74. The molecule has 2 aliphatic carbocycles. The topological polar surface area (TPSA) is 79.1 Å². The van der Waals surface area contributed by atoms with E-state index < -0.39 is 14.3 Å². The molecule has 0 spiro atoms. The van der Waals surface area contributed by atoms with E-state index in [4.69, 9.17) is 9.16 Å². The summed E-state index contributed by atoms with van der Waals surface area (Å²) in [5, 5.41) is 11.9. The van der Waals surface area contributed by atoms with Crippen molar-refractivity contribution in [3.63, 3.8) is 0 Å². The van der Waals surface area contributed by atoms with E-state index in [2.05, 4.69) is 63.2 Å². The molecule has 0 N–H and O–H groups in total. The Morgan fingerprint density at radius 3 is 2.65 bits per heavy atom. The summed E-state index contributed by atoms with van der Waals surface area (Å²) in [6, 6.07) is 0. The van der Waals surface area contributed by atoms with Crippen molar-refractivity contribution in [1.82, 2.24) is 20.2 Å². The molecule has 31 heavy (non-hydrogen) atoms. The van der Waals surface area contributed by atoms with Crippen molar-refractivity contribution < 1.29 is 14.0 Å². The van der Waals surface area contributed by atoms with Crippen LogP contribution in [0.25, 0.3) is 0 Å². The third-order valence-corrected chi connectivity index (χ3v) is 13.0. The van der Waals surface area contributed by atoms with Gasteiger partial charge in [0.2, 0.25) is 0 Å². The minimum Gasteiger partial charge on any atom is -0.460 e. The van der Waals surface area contributed by atoms with Gasteiger partial charge < -0.3 is 9.16 Å². The molecule has 1 unspecified atom stereocenters. The zero-order valence-corrected chi connectivity index (χ0v) is 21.8. The molecule has 7 nitrogen and oxygen atoms in total. The molecule has 176 valence electrons. The van der Waals surface area contributed by atoms with Crippen molar-refractivity contribution in [2.75, 3.05) is 6.61 Å². The molecule has 0 bridgehead atoms. The fraction of sp³-hybridized carbons (Fsp3) is 0.913. The number of tetrazole rings is 1. The predicted molar refractivity (Wildman–Crippen MR) is 123 cm³/mol. The summed E-state index contributed by atoms with van der Waals surface area (Å²) in [5.74, 6) is 1.31. The van der Waals surface area contributed by atoms with E-state index in [1.54, 1.807) is 11.6 Å². The van der Waals surface area contributed by atoms with Gasteiger partial charge in [0.05, 0.1) is 6.61 Å². The lowest BCUT2D eigenvalue weighted by Gasteiger charge is -2.49. The Bertz CT molecular complexity index is 775. The largest absolute Gasteiger partial charge is 0.460 e. The summed E-state index contributed by atoms with van der Waals surface area (Å²) >= 11 is 0. The van der Waals surface area contributed by atoms with Crippen LogP contribution in [0.2, 0.25) is 18.1 Å². The molecule has 0 saturated heterocycles. The average Bonchev–Trinajstić information content (AvgIpc) is 3.25. The van der Waals surface area contributed by atoms with E-state index in [1.807, 2.05) is 0 Å². The van der Waals surface area contributed by atoms with Crippen molar-refractivity contribution in [3.05, 3.63) is 5.82 Å². The Hall–Kier alpha value is -1.28. The number of carbonyl (C=O) groups excluding carboxylic acids is 1. The van der Waals surface area contributed by atoms with Gasteiger partial charge in [-0.2, -0.15) is 0 Å². The van der Waals surface area contributed by atoms with Crippen LogP contribution in [-0.4, -0.2) is 47.2 Å². The fourth-order valence-electron chi connectivity index (χ4n) is 5.86. The molecule has 1 heterocycles. The van der Waals surface area contributed by atoms with Gasteiger partial charge in [0.1, 0.15) is 0 Å². The predicted octanol–water partition coefficient (Wildman–Crippen LogP) is 5.09. The van der Waals surface area contributed by atoms with Gasteiger partial charge in [0, 0.05) is 12.6 Å². The molecule has 1 aromatic rings. The number of carbonyl (C=O) groups is 1. The van der Waals surface area contributed by atoms with Gasteiger partial charge in [0.15, 0.2) is 8.32 Å². The Morgan fingerprint density at radius 2 is 2.00 bits per heavy atom. The standard InChI is InChI=1S/C23H42N4O3Si/c1-9-29-21(28)20-24-25-26-27(20)15-16(2)17-12-13-18-19(11-10-14-23(17,18)6)30-31(7,8)22(3,4)5/h16-19H,9-15H2,1-8H3/t16-,17?,18+,19+,23-/m1/s1. The number of fused-ring (bicyclic) bond motifs is 1. The molecule has 0 aromatic carbocycles. The molecule has 0 aliphatic heterocycles. The van der Waals surface area contributed by atoms with Gasteiger partial charge in [-0.25, -0.2) is 9.48 Å². The van der Waals surface area contributed by atoms with E-state index in [9.17, 15) is 4.79 Å². The molecule has 0 amide bonds. The summed E-state index contributed by atoms with van der Waals surface area (Å²) in [7, 11) is -1.80. The number of esters is 1. The maximum Gasteiger partial charge on any atom is 0.378 e. The number of aromatic nitrogens is 4. The summed E-state index contributed by atoms with van der Waals surface area (Å²) in [6.07, 6.45) is 6.48. The molecular formula is C23H42N4O3Si. The quantitative estimate of drug-likeness (QED) is 0.425. The van der Waals surface area contributed by atoms with Crippen LogP contribution in [0.15, 0.2) is 0 Å². The van der Waals surface area contributed by atoms with Crippen molar-refractivity contribution in [2.24, 2.45) is 23.2 Å². The van der Waals surface area contributed by atoms with Gasteiger partial charge in [-0.15, -0.1) is 5.10 Å². The van der Waals surface area contributed by atoms with Crippen LogP contribution < -0.4 is 0 Å². The first-order valence-electron chi connectivity index (χ1n) is 12.0. The van der Waals surface area contributed by atoms with Crippen LogP contribution in [-0.2, 0) is 15.7 Å². The zero-order chi connectivity index (χ0) is 23.0. The second-order valence-electron chi connectivity index (χ2n) is 11.5. The van der Waals surface area contributed by atoms with Crippen LogP contribution in [0, 0.1) is 23.2 Å². The monoisotopic (exact) mass is 450 g/mol. The van der Waals surface area contributed by atoms with Crippen LogP contribution in [0.5, 0.6) is 0 Å². The Kier molecular flexibility index (Phi) is 7.01. The van der Waals surface area contributed by atoms with Gasteiger partial charge in [-0.1, -0.05) is 41.0 Å². The van der Waals surface area contributed by atoms with Crippen LogP contribution >= 0.6 is 0 Å². The third-order valence-electron chi connectivity index (χ3n) is 8.53. The highest BCUT2D eigenvalue weighted by Gasteiger charge is 2.54. The second kappa shape index (κ2) is 8.93. The summed E-state index contributed by atoms with van der Waals surface area (Å²) in [4.78, 5) is 12.2. The second-order valence-corrected chi connectivity index (χ2v) is 16.2. The van der Waals surface area contributed by atoms with Crippen molar-refractivity contribution >= 4 is 14.3 Å². The van der Waals surface area contributed by atoms with Crippen LogP contribution in [0.3, 0.4) is 0 Å². The Labute approximate surface area is 188 Å². The highest BCUT2D eigenvalue weighted by atomic mass is 28.4. The molecule has 5 atom stereocenters. The summed E-state index contributed by atoms with van der Waals surface area (Å²) in [5.41, 5.74) is 0.267. The highest BCUT2D eigenvalue weighted by Crippen LogP contribution is 2.59. The molecule has 3 rings (SSSR count). The Balaban J connectivity index is 1.74. The molecule has 2 fully saturated rings. The van der Waals surface area contributed by atoms with Crippen LogP contribution in [0.1, 0.15) is 84.3 Å². The lowest BCUT2D eigenvalue weighted by Crippen LogP contribution is -2.50. The summed E-state index contributed by atoms with van der Waals surface area (Å²) < 4.78 is 13.7. The van der Waals surface area contributed by atoms with E-state index in [-0.39, 0.29) is 16.3 Å². The number of hydrogen-bond donors (Lipinski definition) is 0. The first-order valence-corrected chi connectivity index (χ1v) is 14.9. The zero-order valence-electron chi connectivity index (χ0n) is 20.8. The van der Waals surface area contributed by atoms with E-state index in [0.717, 1.165) is 0 Å². The molecule has 8 heteroatoms. The molecule has 2 saturated carbocycles. The number of hydrogen-bond acceptors (Lipinski definition) is 6. The average molecular weight is 451 g/mol. The molecule has 1 aromatic heterocycles. The maximum absolute atomic E-state index is 12.2. The fourth-order valence-corrected chi connectivity index (χ4v) is 7.25. The maximum atomic E-state index is 12.2. The normalized spacial score (nSPS) is 30.1. The first-order chi connectivity index (χ1) is 14.4. The lowest BCUT2D eigenvalue weighted by molar-refractivity contribution is -0.0223. The molecule has 2 aliphatic rings. The van der Waals surface area contributed by atoms with Gasteiger partial charge in [-0.3, -0.25) is 0 Å². The van der Waals surface area contributed by atoms with E-state index >= 15 is 0 Å². The minimum absolute atomic E-state index is 0.205. The smallest absolute Gasteiger partial charge is 0.378 e. The number of rotatable bonds is 7. The molecule has 0 radical (unpaired) electrons. The van der Waals surface area contributed by atoms with Crippen molar-refractivity contribution in [1.29, 1.82) is 0 Å². The Morgan fingerprint density at radius 1 is 1.29 bits per heavy atom. The minimum atomic E-state index is -1.80. The van der Waals surface area contributed by atoms with Crippen LogP contribution in [0.4, 0.5) is 0 Å². The van der Waals surface area contributed by atoms with Crippen molar-refractivity contribution in [3.8, 4) is 0 Å². The van der Waals surface area contributed by atoms with E-state index in [1.165, 1.54) is 32.1 Å². The van der Waals surface area contributed by atoms with Gasteiger partial charge >= 0.3 is 5.97 Å².